The van der Waals surface area contributed by atoms with Gasteiger partial charge in [-0.3, -0.25) is 0 Å². The molecule has 5 rings (SSSR count). The Balaban J connectivity index is 1.36. The molecule has 3 heterocycles. The van der Waals surface area contributed by atoms with E-state index in [0.29, 0.717) is 0 Å². The van der Waals surface area contributed by atoms with Crippen LogP contribution in [0.5, 0.6) is 0 Å². The van der Waals surface area contributed by atoms with Crippen LogP contribution in [0.1, 0.15) is 29.9 Å². The number of rotatable bonds is 2. The van der Waals surface area contributed by atoms with Crippen molar-refractivity contribution < 1.29 is 4.42 Å². The molecule has 0 amide bonds. The second-order valence-electron chi connectivity index (χ2n) is 7.17. The first-order valence-corrected chi connectivity index (χ1v) is 9.50. The van der Waals surface area contributed by atoms with Crippen LogP contribution >= 0.6 is 0 Å². The van der Waals surface area contributed by atoms with Crippen LogP contribution in [0.3, 0.4) is 0 Å². The Morgan fingerprint density at radius 3 is 2.50 bits per heavy atom. The number of fused-ring (bicyclic) bond motifs is 2. The highest BCUT2D eigenvalue weighted by atomic mass is 16.4. The summed E-state index contributed by atoms with van der Waals surface area (Å²) in [6.07, 6.45) is 4.69. The second-order valence-corrected chi connectivity index (χ2v) is 7.17. The van der Waals surface area contributed by atoms with Crippen molar-refractivity contribution in [1.29, 1.82) is 0 Å². The van der Waals surface area contributed by atoms with Crippen LogP contribution < -0.4 is 9.80 Å². The van der Waals surface area contributed by atoms with Gasteiger partial charge in [0.05, 0.1) is 0 Å². The maximum atomic E-state index is 5.93. The van der Waals surface area contributed by atoms with Crippen molar-refractivity contribution in [2.45, 2.75) is 32.6 Å². The summed E-state index contributed by atoms with van der Waals surface area (Å²) in [5.74, 6) is 2.05. The molecule has 134 valence electrons. The third-order valence-electron chi connectivity index (χ3n) is 5.41. The van der Waals surface area contributed by atoms with Crippen LogP contribution in [0.15, 0.2) is 28.7 Å². The molecular formula is C20H23N5O. The van der Waals surface area contributed by atoms with Crippen LogP contribution in [-0.4, -0.2) is 41.1 Å². The minimum absolute atomic E-state index is 0.728. The smallest absolute Gasteiger partial charge is 0.298 e. The average Bonchev–Trinajstić information content (AvgIpc) is 3.12. The number of hydrogen-bond donors (Lipinski definition) is 0. The maximum absolute atomic E-state index is 5.93. The Hall–Kier alpha value is -2.63. The third kappa shape index (κ3) is 2.69. The molecule has 6 heteroatoms. The fraction of sp³-hybridized carbons (Fsp3) is 0.450. The monoisotopic (exact) mass is 349 g/mol. The molecule has 0 atom stereocenters. The molecular weight excluding hydrogens is 326 g/mol. The molecule has 1 aliphatic heterocycles. The number of benzene rings is 1. The lowest BCUT2D eigenvalue weighted by molar-refractivity contribution is 0.538. The number of para-hydroxylation sites is 2. The highest BCUT2D eigenvalue weighted by Crippen LogP contribution is 2.29. The number of oxazole rings is 1. The number of aromatic nitrogens is 3. The van der Waals surface area contributed by atoms with Crippen LogP contribution in [0.25, 0.3) is 11.1 Å². The van der Waals surface area contributed by atoms with Crippen LogP contribution in [0, 0.1) is 6.92 Å². The number of nitrogens with zero attached hydrogens (tertiary/aromatic N) is 5. The Labute approximate surface area is 152 Å². The molecule has 0 radical (unpaired) electrons. The van der Waals surface area contributed by atoms with E-state index in [4.69, 9.17) is 9.40 Å². The van der Waals surface area contributed by atoms with Gasteiger partial charge in [-0.15, -0.1) is 0 Å². The average molecular weight is 349 g/mol. The van der Waals surface area contributed by atoms with E-state index < -0.39 is 0 Å². The highest BCUT2D eigenvalue weighted by Gasteiger charge is 2.26. The zero-order chi connectivity index (χ0) is 17.5. The lowest BCUT2D eigenvalue weighted by Gasteiger charge is -2.36. The van der Waals surface area contributed by atoms with Gasteiger partial charge in [-0.05, 0) is 44.7 Å². The van der Waals surface area contributed by atoms with Gasteiger partial charge < -0.3 is 14.2 Å². The third-order valence-corrected chi connectivity index (χ3v) is 5.41. The Bertz CT molecular complexity index is 910. The molecule has 26 heavy (non-hydrogen) atoms. The van der Waals surface area contributed by atoms with E-state index in [9.17, 15) is 0 Å². The largest absolute Gasteiger partial charge is 0.423 e. The van der Waals surface area contributed by atoms with E-state index in [-0.39, 0.29) is 0 Å². The van der Waals surface area contributed by atoms with E-state index in [2.05, 4.69) is 19.8 Å². The second kappa shape index (κ2) is 6.27. The summed E-state index contributed by atoms with van der Waals surface area (Å²) >= 11 is 0. The minimum Gasteiger partial charge on any atom is -0.423 e. The SMILES string of the molecule is Cc1nc2c(c(N3CCN(c4nc5ccccc5o4)CC3)n1)CCCC2. The molecule has 1 fully saturated rings. The molecule has 6 nitrogen and oxygen atoms in total. The van der Waals surface area contributed by atoms with E-state index >= 15 is 0 Å². The molecule has 0 saturated carbocycles. The van der Waals surface area contributed by atoms with Crippen molar-refractivity contribution in [2.24, 2.45) is 0 Å². The van der Waals surface area contributed by atoms with Crippen molar-refractivity contribution in [3.8, 4) is 0 Å². The molecule has 0 N–H and O–H groups in total. The topological polar surface area (TPSA) is 58.3 Å². The normalized spacial score (nSPS) is 17.6. The number of anilines is 2. The van der Waals surface area contributed by atoms with Gasteiger partial charge in [-0.25, -0.2) is 9.97 Å². The lowest BCUT2D eigenvalue weighted by atomic mass is 9.96. The molecule has 1 saturated heterocycles. The van der Waals surface area contributed by atoms with Gasteiger partial charge in [-0.1, -0.05) is 12.1 Å². The molecule has 3 aromatic rings. The summed E-state index contributed by atoms with van der Waals surface area (Å²) < 4.78 is 5.93. The number of hydrogen-bond acceptors (Lipinski definition) is 6. The van der Waals surface area contributed by atoms with Crippen LogP contribution in [-0.2, 0) is 12.8 Å². The minimum atomic E-state index is 0.728. The Kier molecular flexibility index (Phi) is 3.76. The van der Waals surface area contributed by atoms with E-state index in [1.54, 1.807) is 0 Å². The maximum Gasteiger partial charge on any atom is 0.298 e. The van der Waals surface area contributed by atoms with Crippen LogP contribution in [0.4, 0.5) is 11.8 Å². The van der Waals surface area contributed by atoms with Gasteiger partial charge in [0.2, 0.25) is 0 Å². The molecule has 1 aromatic carbocycles. The molecule has 2 aromatic heterocycles. The predicted octanol–water partition coefficient (Wildman–Crippen LogP) is 3.13. The van der Waals surface area contributed by atoms with E-state index in [0.717, 1.165) is 67.8 Å². The standard InChI is InChI=1S/C20H23N5O/c1-14-21-16-7-3-2-6-15(16)19(22-14)24-10-12-25(13-11-24)20-23-17-8-4-5-9-18(17)26-20/h4-5,8-9H,2-3,6-7,10-13H2,1H3. The quantitative estimate of drug-likeness (QED) is 0.708. The van der Waals surface area contributed by atoms with Crippen molar-refractivity contribution in [2.75, 3.05) is 36.0 Å². The molecule has 2 aliphatic rings. The van der Waals surface area contributed by atoms with E-state index in [1.807, 2.05) is 31.2 Å². The molecule has 1 aliphatic carbocycles. The first-order valence-electron chi connectivity index (χ1n) is 9.50. The van der Waals surface area contributed by atoms with E-state index in [1.165, 1.54) is 24.1 Å². The molecule has 0 spiro atoms. The van der Waals surface area contributed by atoms with Gasteiger partial charge >= 0.3 is 0 Å². The summed E-state index contributed by atoms with van der Waals surface area (Å²) in [6, 6.07) is 8.67. The zero-order valence-corrected chi connectivity index (χ0v) is 15.1. The number of aryl methyl sites for hydroxylation is 2. The van der Waals surface area contributed by atoms with Gasteiger partial charge in [0.25, 0.3) is 6.01 Å². The fourth-order valence-electron chi connectivity index (χ4n) is 4.06. The first kappa shape index (κ1) is 15.6. The van der Waals surface area contributed by atoms with Gasteiger partial charge in [0, 0.05) is 37.4 Å². The van der Waals surface area contributed by atoms with Crippen molar-refractivity contribution >= 4 is 22.9 Å². The van der Waals surface area contributed by atoms with Gasteiger partial charge in [-0.2, -0.15) is 4.98 Å². The summed E-state index contributed by atoms with van der Waals surface area (Å²) in [6.45, 7) is 5.66. The van der Waals surface area contributed by atoms with Crippen LogP contribution in [0.2, 0.25) is 0 Å². The Morgan fingerprint density at radius 1 is 0.885 bits per heavy atom. The molecule has 0 unspecified atom stereocenters. The summed E-state index contributed by atoms with van der Waals surface area (Å²) in [5.41, 5.74) is 4.41. The summed E-state index contributed by atoms with van der Waals surface area (Å²) in [5, 5.41) is 0. The van der Waals surface area contributed by atoms with Gasteiger partial charge in [0.1, 0.15) is 17.2 Å². The lowest BCUT2D eigenvalue weighted by Crippen LogP contribution is -2.47. The zero-order valence-electron chi connectivity index (χ0n) is 15.1. The first-order chi connectivity index (χ1) is 12.8. The van der Waals surface area contributed by atoms with Crippen molar-refractivity contribution in [1.82, 2.24) is 15.0 Å². The molecule has 0 bridgehead atoms. The van der Waals surface area contributed by atoms with Crippen molar-refractivity contribution in [3.63, 3.8) is 0 Å². The highest BCUT2D eigenvalue weighted by molar-refractivity contribution is 5.74. The van der Waals surface area contributed by atoms with Crippen molar-refractivity contribution in [3.05, 3.63) is 41.3 Å². The Morgan fingerprint density at radius 2 is 1.65 bits per heavy atom. The summed E-state index contributed by atoms with van der Waals surface area (Å²) in [7, 11) is 0. The predicted molar refractivity (Wildman–Crippen MR) is 102 cm³/mol. The van der Waals surface area contributed by atoms with Gasteiger partial charge in [0.15, 0.2) is 5.58 Å². The number of piperazine rings is 1. The summed E-state index contributed by atoms with van der Waals surface area (Å²) in [4.78, 5) is 18.8. The fourth-order valence-corrected chi connectivity index (χ4v) is 4.06.